The van der Waals surface area contributed by atoms with E-state index in [1.54, 1.807) is 44.6 Å². The molecule has 0 aromatic heterocycles. The van der Waals surface area contributed by atoms with E-state index in [2.05, 4.69) is 5.32 Å². The second kappa shape index (κ2) is 7.90. The van der Waals surface area contributed by atoms with E-state index in [0.717, 1.165) is 6.42 Å². The Balaban J connectivity index is 1.80. The minimum Gasteiger partial charge on any atom is -0.495 e. The standard InChI is InChI=1S/C19H21NO5/c1-22-16-6-4-3-5-15(16)20-19(21)13-7-8-17(23-2)18(11-13)25-14-9-10-24-12-14/h3-8,11,14H,9-10,12H2,1-2H3,(H,20,21). The van der Waals surface area contributed by atoms with E-state index in [4.69, 9.17) is 18.9 Å². The van der Waals surface area contributed by atoms with E-state index in [9.17, 15) is 4.79 Å². The number of carbonyl (C=O) groups is 1. The average Bonchev–Trinajstić information content (AvgIpc) is 3.15. The van der Waals surface area contributed by atoms with E-state index in [1.165, 1.54) is 0 Å². The number of ether oxygens (including phenoxy) is 4. The molecule has 2 aromatic carbocycles. The summed E-state index contributed by atoms with van der Waals surface area (Å²) in [7, 11) is 3.13. The van der Waals surface area contributed by atoms with Crippen molar-refractivity contribution in [2.45, 2.75) is 12.5 Å². The van der Waals surface area contributed by atoms with Gasteiger partial charge in [0.25, 0.3) is 5.91 Å². The SMILES string of the molecule is COc1ccccc1NC(=O)c1ccc(OC)c(OC2CCOC2)c1. The molecule has 132 valence electrons. The molecule has 0 aliphatic carbocycles. The van der Waals surface area contributed by atoms with Gasteiger partial charge in [-0.2, -0.15) is 0 Å². The first-order valence-corrected chi connectivity index (χ1v) is 8.08. The predicted octanol–water partition coefficient (Wildman–Crippen LogP) is 3.12. The molecule has 1 N–H and O–H groups in total. The summed E-state index contributed by atoms with van der Waals surface area (Å²) in [5, 5.41) is 2.85. The van der Waals surface area contributed by atoms with Crippen LogP contribution in [0.25, 0.3) is 0 Å². The van der Waals surface area contributed by atoms with Crippen LogP contribution in [-0.2, 0) is 4.74 Å². The minimum absolute atomic E-state index is 0.0265. The van der Waals surface area contributed by atoms with Crippen molar-refractivity contribution in [1.29, 1.82) is 0 Å². The molecule has 6 nitrogen and oxygen atoms in total. The van der Waals surface area contributed by atoms with Gasteiger partial charge in [-0.25, -0.2) is 0 Å². The first kappa shape index (κ1) is 17.1. The molecule has 3 rings (SSSR count). The molecule has 1 heterocycles. The van der Waals surface area contributed by atoms with Gasteiger partial charge < -0.3 is 24.3 Å². The van der Waals surface area contributed by atoms with E-state index >= 15 is 0 Å². The summed E-state index contributed by atoms with van der Waals surface area (Å²) in [4.78, 5) is 12.6. The van der Waals surface area contributed by atoms with Crippen molar-refractivity contribution in [3.05, 3.63) is 48.0 Å². The number of anilines is 1. The highest BCUT2D eigenvalue weighted by Gasteiger charge is 2.20. The molecule has 0 saturated carbocycles. The lowest BCUT2D eigenvalue weighted by atomic mass is 10.1. The Morgan fingerprint density at radius 1 is 1.08 bits per heavy atom. The lowest BCUT2D eigenvalue weighted by Crippen LogP contribution is -2.17. The smallest absolute Gasteiger partial charge is 0.255 e. The molecule has 1 amide bonds. The highest BCUT2D eigenvalue weighted by atomic mass is 16.6. The van der Waals surface area contributed by atoms with E-state index < -0.39 is 0 Å². The molecule has 1 aliphatic heterocycles. The van der Waals surface area contributed by atoms with Crippen molar-refractivity contribution < 1.29 is 23.7 Å². The number of para-hydroxylation sites is 2. The van der Waals surface area contributed by atoms with Gasteiger partial charge in [0.2, 0.25) is 0 Å². The molecule has 1 fully saturated rings. The molecule has 1 unspecified atom stereocenters. The van der Waals surface area contributed by atoms with Crippen LogP contribution < -0.4 is 19.5 Å². The van der Waals surface area contributed by atoms with Crippen LogP contribution in [0.3, 0.4) is 0 Å². The minimum atomic E-state index is -0.250. The number of rotatable bonds is 6. The number of amides is 1. The first-order chi connectivity index (χ1) is 12.2. The summed E-state index contributed by atoms with van der Waals surface area (Å²) >= 11 is 0. The van der Waals surface area contributed by atoms with Crippen LogP contribution in [0.4, 0.5) is 5.69 Å². The maximum absolute atomic E-state index is 12.6. The zero-order chi connectivity index (χ0) is 17.6. The molecule has 0 spiro atoms. The fourth-order valence-electron chi connectivity index (χ4n) is 2.64. The van der Waals surface area contributed by atoms with Gasteiger partial charge in [-0.3, -0.25) is 4.79 Å². The average molecular weight is 343 g/mol. The lowest BCUT2D eigenvalue weighted by Gasteiger charge is -2.16. The van der Waals surface area contributed by atoms with Crippen molar-refractivity contribution in [2.24, 2.45) is 0 Å². The van der Waals surface area contributed by atoms with Gasteiger partial charge >= 0.3 is 0 Å². The Hall–Kier alpha value is -2.73. The molecular formula is C19H21NO5. The third-order valence-corrected chi connectivity index (χ3v) is 3.96. The second-order valence-corrected chi connectivity index (χ2v) is 5.62. The van der Waals surface area contributed by atoms with Crippen molar-refractivity contribution in [2.75, 3.05) is 32.8 Å². The Bertz CT molecular complexity index is 740. The highest BCUT2D eigenvalue weighted by Crippen LogP contribution is 2.31. The van der Waals surface area contributed by atoms with Crippen LogP contribution in [0.15, 0.2) is 42.5 Å². The van der Waals surface area contributed by atoms with Gasteiger partial charge in [0.1, 0.15) is 11.9 Å². The van der Waals surface area contributed by atoms with Gasteiger partial charge in [-0.1, -0.05) is 12.1 Å². The van der Waals surface area contributed by atoms with Crippen LogP contribution in [0.2, 0.25) is 0 Å². The normalized spacial score (nSPS) is 16.3. The van der Waals surface area contributed by atoms with Crippen LogP contribution in [0.1, 0.15) is 16.8 Å². The van der Waals surface area contributed by atoms with Crippen molar-refractivity contribution in [3.63, 3.8) is 0 Å². The predicted molar refractivity (Wildman–Crippen MR) is 93.8 cm³/mol. The summed E-state index contributed by atoms with van der Waals surface area (Å²) < 4.78 is 21.8. The van der Waals surface area contributed by atoms with Crippen LogP contribution in [-0.4, -0.2) is 39.4 Å². The molecule has 0 bridgehead atoms. The third kappa shape index (κ3) is 4.03. The van der Waals surface area contributed by atoms with Gasteiger partial charge in [-0.05, 0) is 30.3 Å². The fraction of sp³-hybridized carbons (Fsp3) is 0.316. The van der Waals surface area contributed by atoms with E-state index in [0.29, 0.717) is 41.7 Å². The third-order valence-electron chi connectivity index (χ3n) is 3.96. The number of hydrogen-bond acceptors (Lipinski definition) is 5. The van der Waals surface area contributed by atoms with E-state index in [-0.39, 0.29) is 12.0 Å². The first-order valence-electron chi connectivity index (χ1n) is 8.08. The molecular weight excluding hydrogens is 322 g/mol. The Kier molecular flexibility index (Phi) is 5.40. The van der Waals surface area contributed by atoms with Crippen molar-refractivity contribution >= 4 is 11.6 Å². The highest BCUT2D eigenvalue weighted by molar-refractivity contribution is 6.05. The summed E-state index contributed by atoms with van der Waals surface area (Å²) in [6, 6.07) is 12.4. The lowest BCUT2D eigenvalue weighted by molar-refractivity contribution is 0.102. The monoisotopic (exact) mass is 343 g/mol. The Morgan fingerprint density at radius 2 is 1.88 bits per heavy atom. The Morgan fingerprint density at radius 3 is 2.60 bits per heavy atom. The zero-order valence-electron chi connectivity index (χ0n) is 14.3. The number of benzene rings is 2. The van der Waals surface area contributed by atoms with Crippen LogP contribution in [0, 0.1) is 0 Å². The molecule has 1 atom stereocenters. The number of nitrogens with one attached hydrogen (secondary N) is 1. The van der Waals surface area contributed by atoms with Gasteiger partial charge in [0.15, 0.2) is 11.5 Å². The summed E-state index contributed by atoms with van der Waals surface area (Å²) in [5.41, 5.74) is 1.08. The molecule has 1 aliphatic rings. The van der Waals surface area contributed by atoms with Gasteiger partial charge in [-0.15, -0.1) is 0 Å². The Labute approximate surface area is 146 Å². The largest absolute Gasteiger partial charge is 0.495 e. The number of methoxy groups -OCH3 is 2. The van der Waals surface area contributed by atoms with Crippen LogP contribution in [0.5, 0.6) is 17.2 Å². The van der Waals surface area contributed by atoms with Crippen molar-refractivity contribution in [3.8, 4) is 17.2 Å². The maximum atomic E-state index is 12.6. The van der Waals surface area contributed by atoms with Crippen LogP contribution >= 0.6 is 0 Å². The van der Waals surface area contributed by atoms with Gasteiger partial charge in [0.05, 0.1) is 33.1 Å². The van der Waals surface area contributed by atoms with Gasteiger partial charge in [0, 0.05) is 12.0 Å². The molecule has 1 saturated heterocycles. The second-order valence-electron chi connectivity index (χ2n) is 5.62. The number of hydrogen-bond donors (Lipinski definition) is 1. The maximum Gasteiger partial charge on any atom is 0.255 e. The molecule has 6 heteroatoms. The topological polar surface area (TPSA) is 66.0 Å². The zero-order valence-corrected chi connectivity index (χ0v) is 14.3. The molecule has 0 radical (unpaired) electrons. The quantitative estimate of drug-likeness (QED) is 0.873. The summed E-state index contributed by atoms with van der Waals surface area (Å²) in [5.74, 6) is 1.47. The fourth-order valence-corrected chi connectivity index (χ4v) is 2.64. The molecule has 2 aromatic rings. The van der Waals surface area contributed by atoms with E-state index in [1.807, 2.05) is 12.1 Å². The summed E-state index contributed by atoms with van der Waals surface area (Å²) in [6.45, 7) is 1.22. The van der Waals surface area contributed by atoms with Crippen molar-refractivity contribution in [1.82, 2.24) is 0 Å². The molecule has 25 heavy (non-hydrogen) atoms. The summed E-state index contributed by atoms with van der Waals surface area (Å²) in [6.07, 6.45) is 0.794. The number of carbonyl (C=O) groups excluding carboxylic acids is 1.